The third-order valence-corrected chi connectivity index (χ3v) is 7.40. The van der Waals surface area contributed by atoms with Gasteiger partial charge in [0.2, 0.25) is 5.43 Å². The number of aromatic hydroxyl groups is 1. The van der Waals surface area contributed by atoms with Crippen molar-refractivity contribution in [3.05, 3.63) is 46.1 Å². The Morgan fingerprint density at radius 2 is 1.78 bits per heavy atom. The molecular weight excluding hydrogens is 490 g/mol. The molecule has 3 heterocycles. The smallest absolute Gasteiger partial charge is 0.200 e. The minimum Gasteiger partial charge on any atom is -0.507 e. The van der Waals surface area contributed by atoms with E-state index in [0.29, 0.717) is 22.0 Å². The fourth-order valence-electron chi connectivity index (χ4n) is 5.26. The van der Waals surface area contributed by atoms with E-state index in [4.69, 9.17) is 14.2 Å². The summed E-state index contributed by atoms with van der Waals surface area (Å²) in [5.41, 5.74) is -0.666. The number of hydrogen-bond acceptors (Lipinski definition) is 11. The van der Waals surface area contributed by atoms with Crippen molar-refractivity contribution in [3.63, 3.8) is 0 Å². The van der Waals surface area contributed by atoms with Crippen LogP contribution in [0.4, 0.5) is 0 Å². The van der Waals surface area contributed by atoms with Gasteiger partial charge >= 0.3 is 0 Å². The predicted molar refractivity (Wildman–Crippen MR) is 128 cm³/mol. The van der Waals surface area contributed by atoms with Gasteiger partial charge in [0.15, 0.2) is 11.9 Å². The fraction of sp³-hybridized carbons (Fsp3) is 0.480. The molecule has 2 aliphatic heterocycles. The molecule has 0 saturated carbocycles. The summed E-state index contributed by atoms with van der Waals surface area (Å²) in [6, 6.07) is 8.24. The number of benzene rings is 2. The van der Waals surface area contributed by atoms with E-state index in [9.17, 15) is 40.5 Å². The third-order valence-electron chi connectivity index (χ3n) is 7.40. The van der Waals surface area contributed by atoms with Crippen molar-refractivity contribution in [2.24, 2.45) is 7.05 Å². The van der Waals surface area contributed by atoms with Crippen molar-refractivity contribution in [2.75, 3.05) is 19.8 Å². The number of aryl methyl sites for hydroxylation is 1. The molecule has 12 nitrogen and oxygen atoms in total. The highest BCUT2D eigenvalue weighted by molar-refractivity contribution is 5.99. The molecule has 1 aromatic heterocycles. The Labute approximate surface area is 210 Å². The Balaban J connectivity index is 1.56. The summed E-state index contributed by atoms with van der Waals surface area (Å²) in [7, 11) is 1.74. The van der Waals surface area contributed by atoms with Gasteiger partial charge in [0.1, 0.15) is 42.0 Å². The predicted octanol–water partition coefficient (Wildman–Crippen LogP) is -1.76. The number of hydrogen-bond donors (Lipinski definition) is 7. The normalized spacial score (nSPS) is 28.0. The lowest BCUT2D eigenvalue weighted by atomic mass is 9.92. The highest BCUT2D eigenvalue weighted by Gasteiger charge is 2.52. The molecule has 200 valence electrons. The summed E-state index contributed by atoms with van der Waals surface area (Å²) in [5, 5.41) is 72.0. The molecule has 2 aromatic carbocycles. The number of aliphatic hydroxyl groups excluding tert-OH is 6. The zero-order chi connectivity index (χ0) is 26.6. The van der Waals surface area contributed by atoms with Gasteiger partial charge in [-0.3, -0.25) is 4.79 Å². The topological polar surface area (TPSA) is 191 Å². The zero-order valence-corrected chi connectivity index (χ0v) is 19.9. The first-order chi connectivity index (χ1) is 17.7. The van der Waals surface area contributed by atoms with E-state index < -0.39 is 62.2 Å². The van der Waals surface area contributed by atoms with Gasteiger partial charge in [-0.15, -0.1) is 0 Å². The quantitative estimate of drug-likeness (QED) is 0.183. The fourth-order valence-corrected chi connectivity index (χ4v) is 5.26. The van der Waals surface area contributed by atoms with E-state index >= 15 is 0 Å². The van der Waals surface area contributed by atoms with E-state index in [2.05, 4.69) is 0 Å². The van der Waals surface area contributed by atoms with Crippen LogP contribution in [0, 0.1) is 0 Å². The lowest BCUT2D eigenvalue weighted by molar-refractivity contribution is -0.341. The van der Waals surface area contributed by atoms with Gasteiger partial charge in [-0.25, -0.2) is 0 Å². The van der Waals surface area contributed by atoms with Crippen LogP contribution in [-0.2, 0) is 22.9 Å². The average Bonchev–Trinajstić information content (AvgIpc) is 3.34. The minimum absolute atomic E-state index is 0.0380. The van der Waals surface area contributed by atoms with Crippen LogP contribution in [0.1, 0.15) is 5.56 Å². The highest BCUT2D eigenvalue weighted by atomic mass is 16.7. The molecule has 7 N–H and O–H groups in total. The number of pyridine rings is 1. The molecule has 37 heavy (non-hydrogen) atoms. The maximum atomic E-state index is 13.2. The highest BCUT2D eigenvalue weighted by Crippen LogP contribution is 2.43. The first kappa shape index (κ1) is 25.8. The SMILES string of the molecule is Cn1c2ccccc2c(=O)c2c(O)cc3c(c21)CC(C(CO)(CO)O[C@H]1OC(CO)[C@@H](O)C(O)[C@@H]1O)O3. The van der Waals surface area contributed by atoms with E-state index in [1.807, 2.05) is 0 Å². The van der Waals surface area contributed by atoms with Crippen LogP contribution in [0.3, 0.4) is 0 Å². The molecule has 0 amide bonds. The lowest BCUT2D eigenvalue weighted by Gasteiger charge is -2.44. The molecule has 0 bridgehead atoms. The lowest BCUT2D eigenvalue weighted by Crippen LogP contribution is -2.64. The van der Waals surface area contributed by atoms with Gasteiger partial charge in [-0.1, -0.05) is 12.1 Å². The van der Waals surface area contributed by atoms with Crippen molar-refractivity contribution in [1.82, 2.24) is 4.57 Å². The molecule has 12 heteroatoms. The van der Waals surface area contributed by atoms with Gasteiger partial charge in [0.05, 0.1) is 36.2 Å². The Bertz CT molecular complexity index is 1380. The van der Waals surface area contributed by atoms with Gasteiger partial charge in [0, 0.05) is 30.5 Å². The summed E-state index contributed by atoms with van der Waals surface area (Å²) in [5.74, 6) is -0.0850. The van der Waals surface area contributed by atoms with Gasteiger partial charge < -0.3 is 54.5 Å². The van der Waals surface area contributed by atoms with Crippen LogP contribution >= 0.6 is 0 Å². The summed E-state index contributed by atoms with van der Waals surface area (Å²) in [6.45, 7) is -2.29. The zero-order valence-electron chi connectivity index (χ0n) is 19.9. The number of phenolic OH excluding ortho intramolecular Hbond substituents is 1. The van der Waals surface area contributed by atoms with Gasteiger partial charge in [0.25, 0.3) is 0 Å². The molecule has 3 unspecified atom stereocenters. The number of phenols is 1. The first-order valence-corrected chi connectivity index (χ1v) is 11.8. The van der Waals surface area contributed by atoms with Gasteiger partial charge in [-0.2, -0.15) is 0 Å². The second kappa shape index (κ2) is 9.49. The standard InChI is InChI=1S/C25H29NO11/c1-26-13-5-3-2-4-11(13)20(31)18-14(30)7-15-12(19(18)26)6-17(35-15)25(9-28,10-29)37-24-23(34)22(33)21(32)16(8-27)36-24/h2-5,7,16-17,21-24,27-30,32-34H,6,8-10H2,1H3/t16?,17?,21-,22?,23+,24-/m1/s1. The summed E-state index contributed by atoms with van der Waals surface area (Å²) >= 11 is 0. The number of aliphatic hydroxyl groups is 6. The van der Waals surface area contributed by atoms with Crippen molar-refractivity contribution in [2.45, 2.75) is 48.8 Å². The molecule has 0 spiro atoms. The molecule has 0 aliphatic carbocycles. The van der Waals surface area contributed by atoms with Crippen molar-refractivity contribution in [3.8, 4) is 11.5 Å². The van der Waals surface area contributed by atoms with E-state index in [1.54, 1.807) is 35.9 Å². The molecule has 2 aliphatic rings. The van der Waals surface area contributed by atoms with Crippen LogP contribution in [0.5, 0.6) is 11.5 Å². The summed E-state index contributed by atoms with van der Waals surface area (Å²) < 4.78 is 19.0. The maximum absolute atomic E-state index is 13.2. The second-order valence-electron chi connectivity index (χ2n) is 9.51. The molecule has 1 saturated heterocycles. The third kappa shape index (κ3) is 3.88. The largest absolute Gasteiger partial charge is 0.507 e. The van der Waals surface area contributed by atoms with Crippen LogP contribution in [0.2, 0.25) is 0 Å². The van der Waals surface area contributed by atoms with Gasteiger partial charge in [-0.05, 0) is 12.1 Å². The number of fused-ring (bicyclic) bond motifs is 4. The van der Waals surface area contributed by atoms with Crippen molar-refractivity contribution in [1.29, 1.82) is 0 Å². The van der Waals surface area contributed by atoms with Crippen LogP contribution < -0.4 is 10.2 Å². The van der Waals surface area contributed by atoms with E-state index in [0.717, 1.165) is 0 Å². The molecule has 1 fully saturated rings. The Morgan fingerprint density at radius 1 is 1.08 bits per heavy atom. The average molecular weight is 520 g/mol. The Kier molecular flexibility index (Phi) is 6.63. The summed E-state index contributed by atoms with van der Waals surface area (Å²) in [6.07, 6.45) is -9.04. The minimum atomic E-state index is -1.88. The van der Waals surface area contributed by atoms with Crippen LogP contribution in [0.25, 0.3) is 21.8 Å². The van der Waals surface area contributed by atoms with E-state index in [1.165, 1.54) is 6.07 Å². The molecule has 0 radical (unpaired) electrons. The Morgan fingerprint density at radius 3 is 2.46 bits per heavy atom. The van der Waals surface area contributed by atoms with Crippen molar-refractivity contribution < 1.29 is 50.0 Å². The molecule has 6 atom stereocenters. The number of nitrogens with zero attached hydrogens (tertiary/aromatic N) is 1. The molecular formula is C25H29NO11. The Hall–Kier alpha value is -2.81. The first-order valence-electron chi connectivity index (χ1n) is 11.8. The number of para-hydroxylation sites is 1. The monoisotopic (exact) mass is 519 g/mol. The maximum Gasteiger partial charge on any atom is 0.200 e. The van der Waals surface area contributed by atoms with Crippen molar-refractivity contribution >= 4 is 21.8 Å². The number of rotatable bonds is 6. The summed E-state index contributed by atoms with van der Waals surface area (Å²) in [4.78, 5) is 13.2. The van der Waals surface area contributed by atoms with Crippen LogP contribution in [-0.4, -0.2) is 103 Å². The number of aromatic nitrogens is 1. The van der Waals surface area contributed by atoms with Crippen LogP contribution in [0.15, 0.2) is 35.1 Å². The number of ether oxygens (including phenoxy) is 3. The van der Waals surface area contributed by atoms with E-state index in [-0.39, 0.29) is 28.7 Å². The second-order valence-corrected chi connectivity index (χ2v) is 9.51. The molecule has 3 aromatic rings. The molecule has 5 rings (SSSR count).